The van der Waals surface area contributed by atoms with Gasteiger partial charge in [-0.15, -0.1) is 0 Å². The lowest BCUT2D eigenvalue weighted by atomic mass is 10.2. The number of benzene rings is 1. The first-order valence-corrected chi connectivity index (χ1v) is 5.38. The Morgan fingerprint density at radius 1 is 1.53 bits per heavy atom. The van der Waals surface area contributed by atoms with Gasteiger partial charge in [-0.2, -0.15) is 0 Å². The molecule has 0 unspecified atom stereocenters. The summed E-state index contributed by atoms with van der Waals surface area (Å²) in [7, 11) is 0. The number of hydrogen-bond donors (Lipinski definition) is 2. The molecule has 0 saturated heterocycles. The second-order valence-electron chi connectivity index (χ2n) is 3.64. The summed E-state index contributed by atoms with van der Waals surface area (Å²) in [5, 5.41) is 2.63. The molecule has 0 fully saturated rings. The number of hydrogen-bond acceptors (Lipinski definition) is 2. The highest BCUT2D eigenvalue weighted by Gasteiger charge is 2.11. The van der Waals surface area contributed by atoms with Gasteiger partial charge < -0.3 is 5.73 Å². The normalized spacial score (nSPS) is 10.8. The maximum Gasteiger partial charge on any atom is 0.269 e. The molecule has 3 N–H and O–H groups in total. The number of aromatic amines is 1. The quantitative estimate of drug-likeness (QED) is 0.858. The van der Waals surface area contributed by atoms with Crippen LogP contribution in [0.4, 0.5) is 4.39 Å². The van der Waals surface area contributed by atoms with Crippen molar-refractivity contribution in [3.63, 3.8) is 0 Å². The minimum atomic E-state index is -0.498. The fourth-order valence-electron chi connectivity index (χ4n) is 1.67. The van der Waals surface area contributed by atoms with Crippen molar-refractivity contribution in [1.82, 2.24) is 9.78 Å². The first kappa shape index (κ1) is 11.9. The van der Waals surface area contributed by atoms with Crippen molar-refractivity contribution in [1.29, 1.82) is 0 Å². The lowest BCUT2D eigenvalue weighted by Crippen LogP contribution is -2.10. The summed E-state index contributed by atoms with van der Waals surface area (Å²) in [4.78, 5) is 11.6. The average Bonchev–Trinajstić information content (AvgIpc) is 2.58. The van der Waals surface area contributed by atoms with Gasteiger partial charge in [0.2, 0.25) is 0 Å². The second-order valence-corrected chi connectivity index (χ2v) is 4.05. The van der Waals surface area contributed by atoms with Crippen LogP contribution in [0.2, 0.25) is 5.02 Å². The second kappa shape index (κ2) is 4.35. The highest BCUT2D eigenvalue weighted by molar-refractivity contribution is 6.30. The molecular formula is C11H11ClFN3O. The Morgan fingerprint density at radius 3 is 2.76 bits per heavy atom. The molecule has 2 aromatic rings. The van der Waals surface area contributed by atoms with E-state index in [1.807, 2.05) is 0 Å². The number of nitrogens with one attached hydrogen (secondary N) is 1. The summed E-state index contributed by atoms with van der Waals surface area (Å²) >= 11 is 5.69. The van der Waals surface area contributed by atoms with E-state index in [0.29, 0.717) is 16.9 Å². The predicted molar refractivity (Wildman–Crippen MR) is 64.0 cm³/mol. The van der Waals surface area contributed by atoms with E-state index in [1.54, 1.807) is 6.92 Å². The number of halogens is 2. The smallest absolute Gasteiger partial charge is 0.269 e. The maximum absolute atomic E-state index is 13.0. The highest BCUT2D eigenvalue weighted by atomic mass is 35.5. The van der Waals surface area contributed by atoms with Crippen molar-refractivity contribution < 1.29 is 4.39 Å². The van der Waals surface area contributed by atoms with Crippen LogP contribution >= 0.6 is 11.6 Å². The monoisotopic (exact) mass is 255 g/mol. The van der Waals surface area contributed by atoms with Gasteiger partial charge in [0.15, 0.2) is 0 Å². The molecule has 6 heteroatoms. The number of rotatable bonds is 2. The maximum atomic E-state index is 13.0. The zero-order valence-corrected chi connectivity index (χ0v) is 9.88. The van der Waals surface area contributed by atoms with Gasteiger partial charge in [0.1, 0.15) is 5.82 Å². The van der Waals surface area contributed by atoms with Crippen molar-refractivity contribution in [3.05, 3.63) is 50.7 Å². The van der Waals surface area contributed by atoms with Crippen molar-refractivity contribution in [2.45, 2.75) is 13.5 Å². The number of nitrogens with zero attached hydrogens (tertiary/aromatic N) is 1. The van der Waals surface area contributed by atoms with Crippen LogP contribution in [0.1, 0.15) is 11.3 Å². The van der Waals surface area contributed by atoms with Gasteiger partial charge in [-0.25, -0.2) is 4.39 Å². The lowest BCUT2D eigenvalue weighted by molar-refractivity contribution is 0.627. The van der Waals surface area contributed by atoms with Crippen LogP contribution in [-0.2, 0) is 6.54 Å². The van der Waals surface area contributed by atoms with Gasteiger partial charge in [-0.1, -0.05) is 11.6 Å². The third kappa shape index (κ3) is 1.99. The van der Waals surface area contributed by atoms with E-state index < -0.39 is 5.82 Å². The van der Waals surface area contributed by atoms with Crippen molar-refractivity contribution in [3.8, 4) is 5.69 Å². The van der Waals surface area contributed by atoms with Crippen molar-refractivity contribution >= 4 is 11.6 Å². The molecule has 17 heavy (non-hydrogen) atoms. The first-order chi connectivity index (χ1) is 8.04. The Labute approximate surface area is 102 Å². The molecule has 0 spiro atoms. The molecule has 0 aliphatic rings. The standard InChI is InChI=1S/C11H11ClFN3O/c1-6-8(5-14)11(17)15-16(6)7-2-3-10(13)9(12)4-7/h2-4H,5,14H2,1H3,(H,15,17). The topological polar surface area (TPSA) is 63.8 Å². The van der Waals surface area contributed by atoms with Crippen molar-refractivity contribution in [2.75, 3.05) is 0 Å². The highest BCUT2D eigenvalue weighted by Crippen LogP contribution is 2.19. The van der Waals surface area contributed by atoms with E-state index >= 15 is 0 Å². The molecule has 0 atom stereocenters. The van der Waals surface area contributed by atoms with E-state index in [9.17, 15) is 9.18 Å². The van der Waals surface area contributed by atoms with Gasteiger partial charge in [-0.3, -0.25) is 14.6 Å². The molecule has 4 nitrogen and oxygen atoms in total. The van der Waals surface area contributed by atoms with Crippen LogP contribution in [0.15, 0.2) is 23.0 Å². The summed E-state index contributed by atoms with van der Waals surface area (Å²) in [6.07, 6.45) is 0. The Balaban J connectivity index is 2.61. The van der Waals surface area contributed by atoms with Crippen LogP contribution < -0.4 is 11.3 Å². The molecule has 1 aromatic heterocycles. The average molecular weight is 256 g/mol. The fraction of sp³-hybridized carbons (Fsp3) is 0.182. The minimum Gasteiger partial charge on any atom is -0.326 e. The molecule has 0 saturated carbocycles. The third-order valence-corrected chi connectivity index (χ3v) is 2.91. The van der Waals surface area contributed by atoms with Crippen LogP contribution in [0.5, 0.6) is 0 Å². The van der Waals surface area contributed by atoms with E-state index in [1.165, 1.54) is 22.9 Å². The van der Waals surface area contributed by atoms with Gasteiger partial charge in [0.25, 0.3) is 5.56 Å². The van der Waals surface area contributed by atoms with Crippen LogP contribution in [0.3, 0.4) is 0 Å². The van der Waals surface area contributed by atoms with Crippen LogP contribution in [0, 0.1) is 12.7 Å². The van der Waals surface area contributed by atoms with Crippen molar-refractivity contribution in [2.24, 2.45) is 5.73 Å². The summed E-state index contributed by atoms with van der Waals surface area (Å²) in [6.45, 7) is 1.92. The van der Waals surface area contributed by atoms with E-state index in [4.69, 9.17) is 17.3 Å². The van der Waals surface area contributed by atoms with E-state index in [-0.39, 0.29) is 17.1 Å². The van der Waals surface area contributed by atoms with Crippen LogP contribution in [0.25, 0.3) is 5.69 Å². The molecule has 2 rings (SSSR count). The van der Waals surface area contributed by atoms with E-state index in [0.717, 1.165) is 0 Å². The summed E-state index contributed by atoms with van der Waals surface area (Å²) in [6, 6.07) is 4.22. The largest absolute Gasteiger partial charge is 0.326 e. The third-order valence-electron chi connectivity index (χ3n) is 2.63. The number of nitrogens with two attached hydrogens (primary N) is 1. The molecule has 0 amide bonds. The predicted octanol–water partition coefficient (Wildman–Crippen LogP) is 1.73. The summed E-state index contributed by atoms with van der Waals surface area (Å²) < 4.78 is 14.6. The molecule has 90 valence electrons. The molecule has 0 aliphatic heterocycles. The number of H-pyrrole nitrogens is 1. The van der Waals surface area contributed by atoms with Gasteiger partial charge >= 0.3 is 0 Å². The molecular weight excluding hydrogens is 245 g/mol. The Hall–Kier alpha value is -1.59. The Bertz CT molecular complexity index is 618. The SMILES string of the molecule is Cc1c(CN)c(=O)[nH]n1-c1ccc(F)c(Cl)c1. The minimum absolute atomic E-state index is 0.00532. The summed E-state index contributed by atoms with van der Waals surface area (Å²) in [5.41, 5.74) is 7.02. The van der Waals surface area contributed by atoms with Gasteiger partial charge in [0.05, 0.1) is 16.3 Å². The van der Waals surface area contributed by atoms with Crippen LogP contribution in [-0.4, -0.2) is 9.78 Å². The zero-order valence-electron chi connectivity index (χ0n) is 9.13. The van der Waals surface area contributed by atoms with Gasteiger partial charge in [0, 0.05) is 12.2 Å². The van der Waals surface area contributed by atoms with Gasteiger partial charge in [-0.05, 0) is 25.1 Å². The molecule has 0 radical (unpaired) electrons. The Kier molecular flexibility index (Phi) is 3.04. The molecule has 1 aromatic carbocycles. The first-order valence-electron chi connectivity index (χ1n) is 5.00. The summed E-state index contributed by atoms with van der Waals surface area (Å²) in [5.74, 6) is -0.498. The molecule has 1 heterocycles. The molecule has 0 aliphatic carbocycles. The lowest BCUT2D eigenvalue weighted by Gasteiger charge is -2.06. The zero-order chi connectivity index (χ0) is 12.6. The molecule has 0 bridgehead atoms. The Morgan fingerprint density at radius 2 is 2.24 bits per heavy atom. The van der Waals surface area contributed by atoms with E-state index in [2.05, 4.69) is 5.10 Å². The fourth-order valence-corrected chi connectivity index (χ4v) is 1.85. The number of aromatic nitrogens is 2.